The zero-order chi connectivity index (χ0) is 19.1. The van der Waals surface area contributed by atoms with E-state index < -0.39 is 23.7 Å². The zero-order valence-corrected chi connectivity index (χ0v) is 15.1. The van der Waals surface area contributed by atoms with E-state index in [-0.39, 0.29) is 16.4 Å². The summed E-state index contributed by atoms with van der Waals surface area (Å²) < 4.78 is 10.2. The molecule has 1 aromatic rings. The van der Waals surface area contributed by atoms with Gasteiger partial charge in [0.2, 0.25) is 5.91 Å². The van der Waals surface area contributed by atoms with Crippen molar-refractivity contribution in [2.24, 2.45) is 5.92 Å². The molecule has 0 fully saturated rings. The first-order valence-electron chi connectivity index (χ1n) is 7.83. The lowest BCUT2D eigenvalue weighted by Crippen LogP contribution is -2.39. The van der Waals surface area contributed by atoms with Gasteiger partial charge in [-0.15, -0.1) is 0 Å². The van der Waals surface area contributed by atoms with Crippen molar-refractivity contribution in [1.82, 2.24) is 5.32 Å². The van der Waals surface area contributed by atoms with Crippen molar-refractivity contribution in [3.8, 4) is 17.9 Å². The number of ether oxygens (including phenoxy) is 2. The molecule has 2 rings (SSSR count). The molecule has 0 aromatic heterocycles. The maximum atomic E-state index is 12.4. The molecule has 0 bridgehead atoms. The van der Waals surface area contributed by atoms with Crippen LogP contribution >= 0.6 is 11.8 Å². The van der Waals surface area contributed by atoms with Gasteiger partial charge >= 0.3 is 5.97 Å². The molecule has 0 spiro atoms. The molecule has 1 amide bonds. The van der Waals surface area contributed by atoms with Crippen LogP contribution in [0.1, 0.15) is 18.4 Å². The van der Waals surface area contributed by atoms with Gasteiger partial charge in [0.1, 0.15) is 11.7 Å². The monoisotopic (exact) mass is 371 g/mol. The average molecular weight is 371 g/mol. The van der Waals surface area contributed by atoms with Crippen molar-refractivity contribution in [3.63, 3.8) is 0 Å². The molecule has 134 valence electrons. The number of rotatable bonds is 6. The topological polar surface area (TPSA) is 112 Å². The number of benzene rings is 1. The Hall–Kier alpha value is -2.97. The van der Waals surface area contributed by atoms with Crippen LogP contribution in [0, 0.1) is 28.6 Å². The van der Waals surface area contributed by atoms with Gasteiger partial charge in [-0.3, -0.25) is 9.59 Å². The van der Waals surface area contributed by atoms with Crippen molar-refractivity contribution in [2.75, 3.05) is 19.5 Å². The van der Waals surface area contributed by atoms with Gasteiger partial charge < -0.3 is 14.8 Å². The normalized spacial score (nSPS) is 19.2. The number of nitrogens with one attached hydrogen (secondary N) is 1. The Kier molecular flexibility index (Phi) is 6.65. The van der Waals surface area contributed by atoms with E-state index in [4.69, 9.17) is 4.74 Å². The largest absolute Gasteiger partial charge is 0.494 e. The summed E-state index contributed by atoms with van der Waals surface area (Å²) in [6.45, 7) is 2.23. The molecular weight excluding hydrogens is 354 g/mol. The van der Waals surface area contributed by atoms with Crippen LogP contribution in [0.5, 0.6) is 5.75 Å². The minimum absolute atomic E-state index is 0.0612. The minimum Gasteiger partial charge on any atom is -0.494 e. The quantitative estimate of drug-likeness (QED) is 0.762. The number of carbonyl (C=O) groups excluding carboxylic acids is 2. The summed E-state index contributed by atoms with van der Waals surface area (Å²) in [6, 6.07) is 11.1. The van der Waals surface area contributed by atoms with E-state index in [9.17, 15) is 20.1 Å². The second-order valence-electron chi connectivity index (χ2n) is 5.26. The molecule has 8 heteroatoms. The van der Waals surface area contributed by atoms with Gasteiger partial charge in [0.05, 0.1) is 48.1 Å². The molecular formula is C18H17N3O4S. The van der Waals surface area contributed by atoms with Crippen LogP contribution in [0.2, 0.25) is 0 Å². The van der Waals surface area contributed by atoms with Crippen LogP contribution in [-0.2, 0) is 14.3 Å². The lowest BCUT2D eigenvalue weighted by molar-refractivity contribution is -0.137. The van der Waals surface area contributed by atoms with E-state index in [0.717, 1.165) is 11.8 Å². The molecule has 7 nitrogen and oxygen atoms in total. The maximum Gasteiger partial charge on any atom is 0.316 e. The fourth-order valence-corrected chi connectivity index (χ4v) is 3.51. The molecule has 1 aliphatic heterocycles. The molecule has 0 aliphatic carbocycles. The standard InChI is InChI=1S/C18H17N3O4S/c1-3-25-14-7-5-4-6-11(14)16-12(8-19)17(23)21-18(13(16)9-20)26-10-15(22)24-2/h4-7,12,16H,3,10H2,1-2H3,(H,21,23)/t12-,16+/m0/s1. The highest BCUT2D eigenvalue weighted by Crippen LogP contribution is 2.42. The molecule has 0 saturated heterocycles. The van der Waals surface area contributed by atoms with Crippen LogP contribution in [0.25, 0.3) is 0 Å². The molecule has 0 radical (unpaired) electrons. The number of carbonyl (C=O) groups is 2. The molecule has 1 heterocycles. The van der Waals surface area contributed by atoms with Gasteiger partial charge in [-0.25, -0.2) is 0 Å². The van der Waals surface area contributed by atoms with E-state index in [1.165, 1.54) is 7.11 Å². The van der Waals surface area contributed by atoms with Gasteiger partial charge in [0.15, 0.2) is 0 Å². The number of nitrogens with zero attached hydrogens (tertiary/aromatic N) is 2. The summed E-state index contributed by atoms with van der Waals surface area (Å²) in [7, 11) is 1.26. The van der Waals surface area contributed by atoms with Crippen molar-refractivity contribution < 1.29 is 19.1 Å². The lowest BCUT2D eigenvalue weighted by atomic mass is 9.79. The number of para-hydroxylation sites is 1. The van der Waals surface area contributed by atoms with Crippen molar-refractivity contribution in [1.29, 1.82) is 10.5 Å². The fraction of sp³-hybridized carbons (Fsp3) is 0.333. The van der Waals surface area contributed by atoms with Gasteiger partial charge in [-0.2, -0.15) is 10.5 Å². The zero-order valence-electron chi connectivity index (χ0n) is 14.3. The second kappa shape index (κ2) is 8.93. The Morgan fingerprint density at radius 3 is 2.69 bits per heavy atom. The van der Waals surface area contributed by atoms with Gasteiger partial charge in [0, 0.05) is 5.56 Å². The second-order valence-corrected chi connectivity index (χ2v) is 6.25. The Balaban J connectivity index is 2.55. The van der Waals surface area contributed by atoms with Crippen molar-refractivity contribution >= 4 is 23.6 Å². The number of methoxy groups -OCH3 is 1. The number of nitriles is 2. The van der Waals surface area contributed by atoms with Crippen LogP contribution in [-0.4, -0.2) is 31.3 Å². The third-order valence-electron chi connectivity index (χ3n) is 3.78. The Morgan fingerprint density at radius 2 is 2.08 bits per heavy atom. The van der Waals surface area contributed by atoms with E-state index in [0.29, 0.717) is 17.9 Å². The minimum atomic E-state index is -1.08. The number of hydrogen-bond donors (Lipinski definition) is 1. The van der Waals surface area contributed by atoms with E-state index in [1.54, 1.807) is 24.3 Å². The maximum absolute atomic E-state index is 12.4. The predicted octanol–water partition coefficient (Wildman–Crippen LogP) is 2.08. The third-order valence-corrected chi connectivity index (χ3v) is 4.77. The third kappa shape index (κ3) is 3.98. The fourth-order valence-electron chi connectivity index (χ4n) is 2.63. The Morgan fingerprint density at radius 1 is 1.35 bits per heavy atom. The number of esters is 1. The lowest BCUT2D eigenvalue weighted by Gasteiger charge is -2.29. The van der Waals surface area contributed by atoms with Gasteiger partial charge in [-0.1, -0.05) is 30.0 Å². The van der Waals surface area contributed by atoms with Crippen LogP contribution < -0.4 is 10.1 Å². The number of thioether (sulfide) groups is 1. The number of hydrogen-bond acceptors (Lipinski definition) is 7. The van der Waals surface area contributed by atoms with Crippen LogP contribution in [0.3, 0.4) is 0 Å². The summed E-state index contributed by atoms with van der Waals surface area (Å²) >= 11 is 0.997. The molecule has 0 unspecified atom stereocenters. The summed E-state index contributed by atoms with van der Waals surface area (Å²) in [5.74, 6) is -2.40. The average Bonchev–Trinajstić information content (AvgIpc) is 2.66. The Labute approximate surface area is 155 Å². The first kappa shape index (κ1) is 19.4. The Bertz CT molecular complexity index is 822. The van der Waals surface area contributed by atoms with Crippen LogP contribution in [0.15, 0.2) is 34.9 Å². The highest BCUT2D eigenvalue weighted by molar-refractivity contribution is 8.03. The molecule has 1 aromatic carbocycles. The molecule has 1 aliphatic rings. The summed E-state index contributed by atoms with van der Waals surface area (Å²) in [5, 5.41) is 22.0. The highest BCUT2D eigenvalue weighted by Gasteiger charge is 2.40. The summed E-state index contributed by atoms with van der Waals surface area (Å²) in [6.07, 6.45) is 0. The number of amides is 1. The van der Waals surface area contributed by atoms with Crippen LogP contribution in [0.4, 0.5) is 0 Å². The van der Waals surface area contributed by atoms with Crippen molar-refractivity contribution in [2.45, 2.75) is 12.8 Å². The molecule has 0 saturated carbocycles. The van der Waals surface area contributed by atoms with Crippen molar-refractivity contribution in [3.05, 3.63) is 40.4 Å². The van der Waals surface area contributed by atoms with Gasteiger partial charge in [-0.05, 0) is 13.0 Å². The van der Waals surface area contributed by atoms with Gasteiger partial charge in [0.25, 0.3) is 0 Å². The van der Waals surface area contributed by atoms with E-state index >= 15 is 0 Å². The van der Waals surface area contributed by atoms with E-state index in [2.05, 4.69) is 16.1 Å². The first-order chi connectivity index (χ1) is 12.6. The number of allylic oxidation sites excluding steroid dienone is 1. The SMILES string of the molecule is CCOc1ccccc1[C@H]1C(C#N)=C(SCC(=O)OC)NC(=O)[C@H]1C#N. The molecule has 2 atom stereocenters. The molecule has 26 heavy (non-hydrogen) atoms. The van der Waals surface area contributed by atoms with E-state index in [1.807, 2.05) is 13.0 Å². The molecule has 1 N–H and O–H groups in total. The highest BCUT2D eigenvalue weighted by atomic mass is 32.2. The summed E-state index contributed by atoms with van der Waals surface area (Å²) in [5.41, 5.74) is 0.806. The first-order valence-corrected chi connectivity index (χ1v) is 8.82. The smallest absolute Gasteiger partial charge is 0.316 e. The summed E-state index contributed by atoms with van der Waals surface area (Å²) in [4.78, 5) is 23.8. The predicted molar refractivity (Wildman–Crippen MR) is 94.7 cm³/mol.